The van der Waals surface area contributed by atoms with Crippen LogP contribution in [0.15, 0.2) is 16.9 Å². The van der Waals surface area contributed by atoms with Crippen LogP contribution in [-0.4, -0.2) is 51.9 Å². The largest absolute Gasteiger partial charge is 0.468 e. The molecule has 0 fully saturated rings. The Kier molecular flexibility index (Phi) is 5.30. The van der Waals surface area contributed by atoms with E-state index in [1.807, 2.05) is 13.8 Å². The number of nitrogens with one attached hydrogen (secondary N) is 1. The van der Waals surface area contributed by atoms with Crippen LogP contribution in [0.5, 0.6) is 5.88 Å². The maximum Gasteiger partial charge on any atom is 0.422 e. The Labute approximate surface area is 130 Å². The van der Waals surface area contributed by atoms with Crippen molar-refractivity contribution in [2.45, 2.75) is 26.6 Å². The van der Waals surface area contributed by atoms with Crippen molar-refractivity contribution in [3.8, 4) is 5.88 Å². The van der Waals surface area contributed by atoms with Gasteiger partial charge in [0.25, 0.3) is 0 Å². The van der Waals surface area contributed by atoms with Gasteiger partial charge < -0.3 is 14.6 Å². The van der Waals surface area contributed by atoms with Crippen LogP contribution < -0.4 is 10.4 Å². The first-order valence-corrected chi connectivity index (χ1v) is 7.35. The van der Waals surface area contributed by atoms with Crippen LogP contribution in [0.25, 0.3) is 11.2 Å². The first-order chi connectivity index (χ1) is 10.8. The third-order valence-corrected chi connectivity index (χ3v) is 3.51. The van der Waals surface area contributed by atoms with Crippen molar-refractivity contribution in [3.63, 3.8) is 0 Å². The topological polar surface area (TPSA) is 63.2 Å². The van der Waals surface area contributed by atoms with Gasteiger partial charge in [-0.25, -0.2) is 4.79 Å². The molecule has 6 nitrogen and oxygen atoms in total. The maximum atomic E-state index is 12.2. The highest BCUT2D eigenvalue weighted by atomic mass is 19.4. The lowest BCUT2D eigenvalue weighted by atomic mass is 10.4. The Morgan fingerprint density at radius 1 is 1.30 bits per heavy atom. The molecule has 0 saturated carbocycles. The molecule has 0 aliphatic heterocycles. The molecule has 2 aromatic heterocycles. The van der Waals surface area contributed by atoms with Crippen LogP contribution in [0.4, 0.5) is 13.2 Å². The normalized spacial score (nSPS) is 12.3. The number of pyridine rings is 1. The lowest BCUT2D eigenvalue weighted by Crippen LogP contribution is -2.30. The fraction of sp³-hybridized carbons (Fsp3) is 0.571. The maximum absolute atomic E-state index is 12.2. The number of alkyl halides is 3. The van der Waals surface area contributed by atoms with Gasteiger partial charge in [0.1, 0.15) is 0 Å². The number of aromatic nitrogens is 3. The number of H-pyrrole nitrogens is 1. The number of likely N-dealkylation sites (N-methyl/N-ethyl adjacent to an activating group) is 1. The Hall–Kier alpha value is -2.03. The average molecular weight is 332 g/mol. The Balaban J connectivity index is 2.22. The highest BCUT2D eigenvalue weighted by molar-refractivity contribution is 5.71. The molecule has 2 heterocycles. The number of rotatable bonds is 7. The number of aromatic amines is 1. The Morgan fingerprint density at radius 2 is 2.00 bits per heavy atom. The summed E-state index contributed by atoms with van der Waals surface area (Å²) in [4.78, 5) is 20.8. The molecule has 0 aromatic carbocycles. The minimum atomic E-state index is -4.43. The third kappa shape index (κ3) is 4.47. The summed E-state index contributed by atoms with van der Waals surface area (Å²) in [6, 6.07) is 2.79. The van der Waals surface area contributed by atoms with E-state index in [4.69, 9.17) is 0 Å². The second kappa shape index (κ2) is 7.03. The lowest BCUT2D eigenvalue weighted by Gasteiger charge is -2.17. The van der Waals surface area contributed by atoms with Gasteiger partial charge in [-0.2, -0.15) is 18.2 Å². The molecule has 23 heavy (non-hydrogen) atoms. The summed E-state index contributed by atoms with van der Waals surface area (Å²) in [6.45, 7) is 5.36. The van der Waals surface area contributed by atoms with E-state index >= 15 is 0 Å². The first kappa shape index (κ1) is 17.3. The summed E-state index contributed by atoms with van der Waals surface area (Å²) in [6.07, 6.45) is -4.43. The molecule has 0 saturated heterocycles. The van der Waals surface area contributed by atoms with Crippen LogP contribution in [0.3, 0.4) is 0 Å². The smallest absolute Gasteiger partial charge is 0.422 e. The van der Waals surface area contributed by atoms with Gasteiger partial charge in [0.15, 0.2) is 12.3 Å². The molecule has 0 spiro atoms. The summed E-state index contributed by atoms with van der Waals surface area (Å²) in [5.41, 5.74) is 0.420. The van der Waals surface area contributed by atoms with Crippen molar-refractivity contribution in [1.29, 1.82) is 0 Å². The van der Waals surface area contributed by atoms with E-state index in [-0.39, 0.29) is 11.6 Å². The zero-order chi connectivity index (χ0) is 17.0. The molecule has 0 atom stereocenters. The fourth-order valence-electron chi connectivity index (χ4n) is 2.24. The van der Waals surface area contributed by atoms with Crippen molar-refractivity contribution in [2.75, 3.05) is 26.2 Å². The van der Waals surface area contributed by atoms with Crippen LogP contribution in [-0.2, 0) is 6.54 Å². The molecule has 0 bridgehead atoms. The highest BCUT2D eigenvalue weighted by Crippen LogP contribution is 2.19. The Morgan fingerprint density at radius 3 is 2.61 bits per heavy atom. The van der Waals surface area contributed by atoms with Crippen LogP contribution in [0, 0.1) is 0 Å². The molecule has 128 valence electrons. The predicted molar refractivity (Wildman–Crippen MR) is 79.7 cm³/mol. The molecular weight excluding hydrogens is 313 g/mol. The quantitative estimate of drug-likeness (QED) is 0.842. The van der Waals surface area contributed by atoms with Gasteiger partial charge in [-0.1, -0.05) is 13.8 Å². The number of halogens is 3. The van der Waals surface area contributed by atoms with Gasteiger partial charge in [-0.05, 0) is 19.2 Å². The van der Waals surface area contributed by atoms with Gasteiger partial charge in [0.05, 0.1) is 5.52 Å². The monoisotopic (exact) mass is 332 g/mol. The van der Waals surface area contributed by atoms with Crippen molar-refractivity contribution in [2.24, 2.45) is 0 Å². The van der Waals surface area contributed by atoms with E-state index < -0.39 is 12.8 Å². The first-order valence-electron chi connectivity index (χ1n) is 7.35. The predicted octanol–water partition coefficient (Wildman–Crippen LogP) is 2.01. The minimum absolute atomic E-state index is 0.162. The summed E-state index contributed by atoms with van der Waals surface area (Å²) >= 11 is 0. The third-order valence-electron chi connectivity index (χ3n) is 3.51. The molecule has 9 heteroatoms. The van der Waals surface area contributed by atoms with Gasteiger partial charge in [0.2, 0.25) is 5.88 Å². The summed E-state index contributed by atoms with van der Waals surface area (Å²) in [5.74, 6) is -0.162. The number of hydrogen-bond donors (Lipinski definition) is 1. The number of imidazole rings is 1. The molecule has 0 radical (unpaired) electrons. The van der Waals surface area contributed by atoms with Crippen molar-refractivity contribution in [3.05, 3.63) is 22.6 Å². The van der Waals surface area contributed by atoms with Gasteiger partial charge in [-0.3, -0.25) is 4.57 Å². The molecule has 2 rings (SSSR count). The molecule has 0 aliphatic rings. The highest BCUT2D eigenvalue weighted by Gasteiger charge is 2.28. The average Bonchev–Trinajstić information content (AvgIpc) is 2.81. The van der Waals surface area contributed by atoms with Crippen molar-refractivity contribution >= 4 is 11.2 Å². The molecule has 0 unspecified atom stereocenters. The molecule has 0 aliphatic carbocycles. The van der Waals surface area contributed by atoms with E-state index in [9.17, 15) is 18.0 Å². The summed E-state index contributed by atoms with van der Waals surface area (Å²) in [7, 11) is 0. The van der Waals surface area contributed by atoms with Gasteiger partial charge in [0, 0.05) is 19.2 Å². The number of nitrogens with zero attached hydrogens (tertiary/aromatic N) is 3. The second-order valence-corrected chi connectivity index (χ2v) is 5.03. The summed E-state index contributed by atoms with van der Waals surface area (Å²) in [5, 5.41) is 0. The Bertz CT molecular complexity index is 704. The fourth-order valence-corrected chi connectivity index (χ4v) is 2.24. The number of fused-ring (bicyclic) bond motifs is 1. The van der Waals surface area contributed by atoms with E-state index in [0.29, 0.717) is 24.3 Å². The van der Waals surface area contributed by atoms with Crippen molar-refractivity contribution < 1.29 is 17.9 Å². The summed E-state index contributed by atoms with van der Waals surface area (Å²) < 4.78 is 42.7. The molecule has 2 aromatic rings. The molecular formula is C14H19F3N4O2. The van der Waals surface area contributed by atoms with Crippen LogP contribution >= 0.6 is 0 Å². The lowest BCUT2D eigenvalue weighted by molar-refractivity contribution is -0.154. The number of hydrogen-bond acceptors (Lipinski definition) is 4. The van der Waals surface area contributed by atoms with Crippen LogP contribution in [0.1, 0.15) is 13.8 Å². The SMILES string of the molecule is CCN(CC)CCn1c(=O)[nH]c2ccc(OCC(F)(F)F)nc21. The minimum Gasteiger partial charge on any atom is -0.468 e. The van der Waals surface area contributed by atoms with Crippen molar-refractivity contribution in [1.82, 2.24) is 19.4 Å². The second-order valence-electron chi connectivity index (χ2n) is 5.03. The van der Waals surface area contributed by atoms with E-state index in [1.165, 1.54) is 16.7 Å². The van der Waals surface area contributed by atoms with E-state index in [2.05, 4.69) is 19.6 Å². The van der Waals surface area contributed by atoms with E-state index in [0.717, 1.165) is 13.1 Å². The standard InChI is InChI=1S/C14H19F3N4O2/c1-3-20(4-2)7-8-21-12-10(18-13(21)22)5-6-11(19-12)23-9-14(15,16)17/h5-6H,3-4,7-9H2,1-2H3,(H,18,22). The molecule has 1 N–H and O–H groups in total. The zero-order valence-electron chi connectivity index (χ0n) is 13.0. The van der Waals surface area contributed by atoms with Gasteiger partial charge in [-0.15, -0.1) is 0 Å². The van der Waals surface area contributed by atoms with Gasteiger partial charge >= 0.3 is 11.9 Å². The molecule has 0 amide bonds. The zero-order valence-corrected chi connectivity index (χ0v) is 13.0. The van der Waals surface area contributed by atoms with Crippen LogP contribution in [0.2, 0.25) is 0 Å². The van der Waals surface area contributed by atoms with E-state index in [1.54, 1.807) is 0 Å². The number of ether oxygens (including phenoxy) is 1.